The van der Waals surface area contributed by atoms with Crippen molar-refractivity contribution in [3.8, 4) is 0 Å². The number of halogens is 2. The summed E-state index contributed by atoms with van der Waals surface area (Å²) in [5.41, 5.74) is 1.78. The first-order valence-electron chi connectivity index (χ1n) is 7.12. The summed E-state index contributed by atoms with van der Waals surface area (Å²) in [6, 6.07) is 18.2. The first-order valence-corrected chi connectivity index (χ1v) is 7.50. The van der Waals surface area contributed by atoms with Crippen molar-refractivity contribution in [3.63, 3.8) is 0 Å². The molecule has 0 fully saturated rings. The van der Waals surface area contributed by atoms with Crippen molar-refractivity contribution in [2.45, 2.75) is 12.5 Å². The predicted octanol–water partition coefficient (Wildman–Crippen LogP) is 4.60. The third-order valence-electron chi connectivity index (χ3n) is 3.65. The Balaban J connectivity index is 0.00000242. The van der Waals surface area contributed by atoms with Crippen molar-refractivity contribution in [3.05, 3.63) is 70.7 Å². The standard InChI is InChI=1S/C18H22ClNO.ClH/c1-18(21-14-13-20(2)3,15-7-5-4-6-8-15)16-9-11-17(19)12-10-16;/h4-12H,13-14H2,1-3H3;1H/t18-;/m0./s1. The number of nitrogens with zero attached hydrogens (tertiary/aromatic N) is 1. The van der Waals surface area contributed by atoms with Crippen LogP contribution in [0.4, 0.5) is 0 Å². The Hall–Kier alpha value is -1.06. The molecule has 0 aromatic heterocycles. The van der Waals surface area contributed by atoms with Gasteiger partial charge in [-0.2, -0.15) is 0 Å². The van der Waals surface area contributed by atoms with Gasteiger partial charge in [0.15, 0.2) is 0 Å². The van der Waals surface area contributed by atoms with Gasteiger partial charge in [-0.05, 0) is 44.3 Å². The van der Waals surface area contributed by atoms with Gasteiger partial charge >= 0.3 is 0 Å². The van der Waals surface area contributed by atoms with Crippen molar-refractivity contribution >= 4 is 24.0 Å². The summed E-state index contributed by atoms with van der Waals surface area (Å²) in [6.45, 7) is 3.66. The van der Waals surface area contributed by atoms with Crippen LogP contribution < -0.4 is 0 Å². The topological polar surface area (TPSA) is 12.5 Å². The van der Waals surface area contributed by atoms with Crippen LogP contribution in [0.15, 0.2) is 54.6 Å². The molecule has 0 saturated carbocycles. The fourth-order valence-corrected chi connectivity index (χ4v) is 2.42. The number of likely N-dealkylation sites (N-methyl/N-ethyl adjacent to an activating group) is 1. The fourth-order valence-electron chi connectivity index (χ4n) is 2.29. The molecule has 0 heterocycles. The molecule has 0 aliphatic rings. The Morgan fingerprint density at radius 1 is 0.955 bits per heavy atom. The van der Waals surface area contributed by atoms with Crippen molar-refractivity contribution in [1.29, 1.82) is 0 Å². The molecule has 0 radical (unpaired) electrons. The Morgan fingerprint density at radius 3 is 2.05 bits per heavy atom. The van der Waals surface area contributed by atoms with E-state index in [9.17, 15) is 0 Å². The van der Waals surface area contributed by atoms with E-state index in [0.29, 0.717) is 6.61 Å². The average Bonchev–Trinajstić information content (AvgIpc) is 2.48. The first-order chi connectivity index (χ1) is 10.0. The van der Waals surface area contributed by atoms with Crippen molar-refractivity contribution in [2.75, 3.05) is 27.2 Å². The van der Waals surface area contributed by atoms with Gasteiger partial charge in [-0.25, -0.2) is 0 Å². The van der Waals surface area contributed by atoms with E-state index in [0.717, 1.165) is 22.7 Å². The van der Waals surface area contributed by atoms with Crippen LogP contribution in [-0.2, 0) is 10.3 Å². The normalized spacial score (nSPS) is 13.5. The number of rotatable bonds is 6. The minimum atomic E-state index is -0.470. The second-order valence-corrected chi connectivity index (χ2v) is 5.99. The summed E-state index contributed by atoms with van der Waals surface area (Å²) in [7, 11) is 4.09. The predicted molar refractivity (Wildman–Crippen MR) is 96.1 cm³/mol. The van der Waals surface area contributed by atoms with E-state index in [1.807, 2.05) is 56.6 Å². The zero-order valence-electron chi connectivity index (χ0n) is 13.3. The zero-order valence-corrected chi connectivity index (χ0v) is 14.8. The SMILES string of the molecule is CN(C)CCO[C@@](C)(c1ccccc1)c1ccc(Cl)cc1.Cl. The molecule has 2 rings (SSSR count). The maximum atomic E-state index is 6.27. The van der Waals surface area contributed by atoms with Crippen molar-refractivity contribution < 1.29 is 4.74 Å². The molecule has 0 aliphatic heterocycles. The number of benzene rings is 2. The minimum Gasteiger partial charge on any atom is -0.365 e. The lowest BCUT2D eigenvalue weighted by Gasteiger charge is -2.32. The quantitative estimate of drug-likeness (QED) is 0.762. The van der Waals surface area contributed by atoms with Crippen molar-refractivity contribution in [1.82, 2.24) is 4.90 Å². The number of ether oxygens (including phenoxy) is 1. The Bertz CT molecular complexity index is 557. The maximum absolute atomic E-state index is 6.27. The molecule has 2 nitrogen and oxygen atoms in total. The molecule has 120 valence electrons. The highest BCUT2D eigenvalue weighted by Gasteiger charge is 2.29. The molecular formula is C18H23Cl2NO. The largest absolute Gasteiger partial charge is 0.365 e. The third kappa shape index (κ3) is 4.72. The number of hydrogen-bond donors (Lipinski definition) is 0. The van der Waals surface area contributed by atoms with E-state index >= 15 is 0 Å². The smallest absolute Gasteiger partial charge is 0.115 e. The van der Waals surface area contributed by atoms with Crippen LogP contribution in [0, 0.1) is 0 Å². The Labute approximate surface area is 144 Å². The van der Waals surface area contributed by atoms with Crippen LogP contribution in [-0.4, -0.2) is 32.1 Å². The van der Waals surface area contributed by atoms with E-state index in [2.05, 4.69) is 24.0 Å². The molecule has 0 aliphatic carbocycles. The van der Waals surface area contributed by atoms with Crippen LogP contribution in [0.1, 0.15) is 18.1 Å². The molecule has 22 heavy (non-hydrogen) atoms. The van der Waals surface area contributed by atoms with Gasteiger partial charge < -0.3 is 9.64 Å². The monoisotopic (exact) mass is 339 g/mol. The fraction of sp³-hybridized carbons (Fsp3) is 0.333. The zero-order chi connectivity index (χ0) is 15.3. The highest BCUT2D eigenvalue weighted by atomic mass is 35.5. The second-order valence-electron chi connectivity index (χ2n) is 5.56. The number of hydrogen-bond acceptors (Lipinski definition) is 2. The molecular weight excluding hydrogens is 317 g/mol. The van der Waals surface area contributed by atoms with Gasteiger partial charge in [-0.1, -0.05) is 54.1 Å². The van der Waals surface area contributed by atoms with Crippen molar-refractivity contribution in [2.24, 2.45) is 0 Å². The highest BCUT2D eigenvalue weighted by molar-refractivity contribution is 6.30. The molecule has 0 spiro atoms. The summed E-state index contributed by atoms with van der Waals surface area (Å²) in [5.74, 6) is 0. The third-order valence-corrected chi connectivity index (χ3v) is 3.90. The Kier molecular flexibility index (Phi) is 7.37. The van der Waals surface area contributed by atoms with Crippen LogP contribution in [0.2, 0.25) is 5.02 Å². The highest BCUT2D eigenvalue weighted by Crippen LogP contribution is 2.33. The van der Waals surface area contributed by atoms with Crippen LogP contribution in [0.3, 0.4) is 0 Å². The summed E-state index contributed by atoms with van der Waals surface area (Å²) in [4.78, 5) is 2.12. The van der Waals surface area contributed by atoms with E-state index in [-0.39, 0.29) is 12.4 Å². The second kappa shape index (κ2) is 8.54. The van der Waals surface area contributed by atoms with Gasteiger partial charge in [0.05, 0.1) is 6.61 Å². The summed E-state index contributed by atoms with van der Waals surface area (Å²) in [5, 5.41) is 0.738. The van der Waals surface area contributed by atoms with E-state index in [4.69, 9.17) is 16.3 Å². The summed E-state index contributed by atoms with van der Waals surface area (Å²) in [6.07, 6.45) is 0. The van der Waals surface area contributed by atoms with Gasteiger partial charge in [0.1, 0.15) is 5.60 Å². The van der Waals surface area contributed by atoms with Gasteiger partial charge in [0.2, 0.25) is 0 Å². The summed E-state index contributed by atoms with van der Waals surface area (Å²) < 4.78 is 6.27. The lowest BCUT2D eigenvalue weighted by Crippen LogP contribution is -2.31. The maximum Gasteiger partial charge on any atom is 0.115 e. The minimum absolute atomic E-state index is 0. The van der Waals surface area contributed by atoms with Gasteiger partial charge in [0.25, 0.3) is 0 Å². The van der Waals surface area contributed by atoms with E-state index in [1.165, 1.54) is 0 Å². The van der Waals surface area contributed by atoms with E-state index in [1.54, 1.807) is 0 Å². The van der Waals surface area contributed by atoms with E-state index < -0.39 is 5.60 Å². The lowest BCUT2D eigenvalue weighted by molar-refractivity contribution is -0.0101. The molecule has 0 unspecified atom stereocenters. The average molecular weight is 340 g/mol. The lowest BCUT2D eigenvalue weighted by atomic mass is 9.88. The molecule has 0 N–H and O–H groups in total. The van der Waals surface area contributed by atoms with Gasteiger partial charge in [-0.3, -0.25) is 0 Å². The first kappa shape index (κ1) is 19.0. The van der Waals surface area contributed by atoms with Crippen LogP contribution in [0.5, 0.6) is 0 Å². The molecule has 4 heteroatoms. The van der Waals surface area contributed by atoms with Gasteiger partial charge in [0, 0.05) is 11.6 Å². The molecule has 0 bridgehead atoms. The molecule has 2 aromatic rings. The Morgan fingerprint density at radius 2 is 1.50 bits per heavy atom. The molecule has 0 saturated heterocycles. The van der Waals surface area contributed by atoms with Crippen LogP contribution in [0.25, 0.3) is 0 Å². The molecule has 2 aromatic carbocycles. The molecule has 0 amide bonds. The molecule has 1 atom stereocenters. The summed E-state index contributed by atoms with van der Waals surface area (Å²) >= 11 is 6.01. The van der Waals surface area contributed by atoms with Gasteiger partial charge in [-0.15, -0.1) is 12.4 Å². The van der Waals surface area contributed by atoms with Crippen LogP contribution >= 0.6 is 24.0 Å².